The molecule has 2 heterocycles. The fraction of sp³-hybridized carbons (Fsp3) is 0.917. The van der Waals surface area contributed by atoms with Crippen LogP contribution >= 0.6 is 0 Å². The number of hydrogen-bond acceptors (Lipinski definition) is 3. The van der Waals surface area contributed by atoms with E-state index in [2.05, 4.69) is 0 Å². The average Bonchev–Trinajstić information content (AvgIpc) is 2.12. The van der Waals surface area contributed by atoms with Crippen molar-refractivity contribution in [2.75, 3.05) is 19.7 Å². The number of alkyl halides is 1. The molecule has 2 aliphatic heterocycles. The molecule has 2 saturated heterocycles. The van der Waals surface area contributed by atoms with Gasteiger partial charge in [0.05, 0.1) is 13.2 Å². The maximum Gasteiger partial charge on any atom is 0.410 e. The van der Waals surface area contributed by atoms with Crippen LogP contribution in [0.25, 0.3) is 0 Å². The number of hydrogen-bond donors (Lipinski definition) is 0. The SMILES string of the molecule is CC(C)(C)OC(=O)N1CC[C@@]2(CCO2)[C@@H](F)C1. The normalized spacial score (nSPS) is 33.4. The number of piperidine rings is 1. The molecular weight excluding hydrogens is 225 g/mol. The molecule has 0 aromatic rings. The van der Waals surface area contributed by atoms with Crippen LogP contribution in [0.4, 0.5) is 9.18 Å². The molecule has 0 N–H and O–H groups in total. The van der Waals surface area contributed by atoms with Crippen molar-refractivity contribution in [3.63, 3.8) is 0 Å². The van der Waals surface area contributed by atoms with Gasteiger partial charge in [0.15, 0.2) is 0 Å². The molecule has 4 nitrogen and oxygen atoms in total. The number of amides is 1. The Hall–Kier alpha value is -0.840. The van der Waals surface area contributed by atoms with Crippen LogP contribution in [0, 0.1) is 0 Å². The lowest BCUT2D eigenvalue weighted by Crippen LogP contribution is -2.61. The van der Waals surface area contributed by atoms with E-state index in [0.29, 0.717) is 19.6 Å². The first kappa shape index (κ1) is 12.6. The molecule has 0 radical (unpaired) electrons. The molecule has 0 bridgehead atoms. The second-order valence-corrected chi connectivity index (χ2v) is 5.81. The van der Waals surface area contributed by atoms with E-state index >= 15 is 0 Å². The Balaban J connectivity index is 1.91. The first-order valence-corrected chi connectivity index (χ1v) is 6.08. The van der Waals surface area contributed by atoms with Crippen molar-refractivity contribution in [2.45, 2.75) is 51.0 Å². The highest BCUT2D eigenvalue weighted by atomic mass is 19.1. The van der Waals surface area contributed by atoms with E-state index in [-0.39, 0.29) is 6.54 Å². The Bertz CT molecular complexity index is 309. The summed E-state index contributed by atoms with van der Waals surface area (Å²) in [6.07, 6.45) is -0.212. The van der Waals surface area contributed by atoms with E-state index in [1.54, 1.807) is 20.8 Å². The van der Waals surface area contributed by atoms with Gasteiger partial charge in [-0.05, 0) is 27.2 Å². The summed E-state index contributed by atoms with van der Waals surface area (Å²) in [4.78, 5) is 13.2. The van der Waals surface area contributed by atoms with Crippen molar-refractivity contribution >= 4 is 6.09 Å². The number of rotatable bonds is 0. The summed E-state index contributed by atoms with van der Waals surface area (Å²) in [6, 6.07) is 0. The lowest BCUT2D eigenvalue weighted by molar-refractivity contribution is -0.206. The minimum absolute atomic E-state index is 0.0783. The van der Waals surface area contributed by atoms with Gasteiger partial charge in [-0.15, -0.1) is 0 Å². The molecular formula is C12H20FNO3. The molecule has 1 spiro atoms. The van der Waals surface area contributed by atoms with Crippen LogP contribution in [0.2, 0.25) is 0 Å². The zero-order valence-electron chi connectivity index (χ0n) is 10.7. The van der Waals surface area contributed by atoms with E-state index in [1.807, 2.05) is 0 Å². The second-order valence-electron chi connectivity index (χ2n) is 5.81. The fourth-order valence-corrected chi connectivity index (χ4v) is 2.23. The van der Waals surface area contributed by atoms with Gasteiger partial charge in [0.2, 0.25) is 0 Å². The molecule has 2 atom stereocenters. The van der Waals surface area contributed by atoms with Gasteiger partial charge >= 0.3 is 6.09 Å². The topological polar surface area (TPSA) is 38.8 Å². The second kappa shape index (κ2) is 4.12. The molecule has 0 unspecified atom stereocenters. The predicted molar refractivity (Wildman–Crippen MR) is 60.6 cm³/mol. The van der Waals surface area contributed by atoms with E-state index in [9.17, 15) is 9.18 Å². The number of ether oxygens (including phenoxy) is 2. The van der Waals surface area contributed by atoms with Crippen LogP contribution in [0.1, 0.15) is 33.6 Å². The third-order valence-electron chi connectivity index (χ3n) is 3.32. The van der Waals surface area contributed by atoms with Crippen LogP contribution in [0.5, 0.6) is 0 Å². The number of halogens is 1. The van der Waals surface area contributed by atoms with Gasteiger partial charge in [-0.1, -0.05) is 0 Å². The Labute approximate surface area is 101 Å². The maximum atomic E-state index is 14.0. The van der Waals surface area contributed by atoms with Crippen LogP contribution in [-0.4, -0.2) is 48.1 Å². The highest BCUT2D eigenvalue weighted by Gasteiger charge is 2.50. The van der Waals surface area contributed by atoms with Gasteiger partial charge < -0.3 is 14.4 Å². The third-order valence-corrected chi connectivity index (χ3v) is 3.32. The Kier molecular flexibility index (Phi) is 3.06. The summed E-state index contributed by atoms with van der Waals surface area (Å²) in [5.41, 5.74) is -1.15. The highest BCUT2D eigenvalue weighted by Crippen LogP contribution is 2.38. The first-order valence-electron chi connectivity index (χ1n) is 6.08. The molecule has 98 valence electrons. The summed E-state index contributed by atoms with van der Waals surface area (Å²) in [5.74, 6) is 0. The molecule has 0 aromatic heterocycles. The minimum atomic E-state index is -1.10. The van der Waals surface area contributed by atoms with Gasteiger partial charge in [-0.2, -0.15) is 0 Å². The summed E-state index contributed by atoms with van der Waals surface area (Å²) in [5, 5.41) is 0. The first-order chi connectivity index (χ1) is 7.82. The van der Waals surface area contributed by atoms with Crippen LogP contribution in [-0.2, 0) is 9.47 Å². The lowest BCUT2D eigenvalue weighted by Gasteiger charge is -2.49. The quantitative estimate of drug-likeness (QED) is 0.656. The fourth-order valence-electron chi connectivity index (χ4n) is 2.23. The van der Waals surface area contributed by atoms with Crippen molar-refractivity contribution in [3.05, 3.63) is 0 Å². The lowest BCUT2D eigenvalue weighted by atomic mass is 9.83. The van der Waals surface area contributed by atoms with Crippen LogP contribution in [0.15, 0.2) is 0 Å². The summed E-state index contributed by atoms with van der Waals surface area (Å²) < 4.78 is 24.5. The number of nitrogens with zero attached hydrogens (tertiary/aromatic N) is 1. The van der Waals surface area contributed by atoms with Crippen molar-refractivity contribution < 1.29 is 18.7 Å². The number of carbonyl (C=O) groups excluding carboxylic acids is 1. The van der Waals surface area contributed by atoms with Crippen molar-refractivity contribution in [1.82, 2.24) is 4.90 Å². The summed E-state index contributed by atoms with van der Waals surface area (Å²) in [6.45, 7) is 6.63. The van der Waals surface area contributed by atoms with E-state index in [0.717, 1.165) is 6.42 Å². The smallest absolute Gasteiger partial charge is 0.410 e. The van der Waals surface area contributed by atoms with Gasteiger partial charge in [0.1, 0.15) is 17.4 Å². The van der Waals surface area contributed by atoms with Gasteiger partial charge in [0, 0.05) is 13.0 Å². The van der Waals surface area contributed by atoms with Crippen LogP contribution < -0.4 is 0 Å². The maximum absolute atomic E-state index is 14.0. The van der Waals surface area contributed by atoms with E-state index < -0.39 is 23.5 Å². The molecule has 2 aliphatic rings. The van der Waals surface area contributed by atoms with Crippen molar-refractivity contribution in [3.8, 4) is 0 Å². The van der Waals surface area contributed by atoms with Crippen molar-refractivity contribution in [1.29, 1.82) is 0 Å². The summed E-state index contributed by atoms with van der Waals surface area (Å²) in [7, 11) is 0. The molecule has 1 amide bonds. The Morgan fingerprint density at radius 3 is 2.53 bits per heavy atom. The molecule has 2 fully saturated rings. The molecule has 2 rings (SSSR count). The third kappa shape index (κ3) is 2.54. The Morgan fingerprint density at radius 1 is 1.47 bits per heavy atom. The minimum Gasteiger partial charge on any atom is -0.444 e. The standard InChI is InChI=1S/C12H20FNO3/c1-11(2,3)17-10(15)14-6-4-12(5-7-16-12)9(13)8-14/h9H,4-8H2,1-3H3/t9-,12+/m0/s1. The van der Waals surface area contributed by atoms with Gasteiger partial charge in [-0.3, -0.25) is 0 Å². The van der Waals surface area contributed by atoms with Gasteiger partial charge in [-0.25, -0.2) is 9.18 Å². The van der Waals surface area contributed by atoms with Gasteiger partial charge in [0.25, 0.3) is 0 Å². The monoisotopic (exact) mass is 245 g/mol. The van der Waals surface area contributed by atoms with Crippen LogP contribution in [0.3, 0.4) is 0 Å². The highest BCUT2D eigenvalue weighted by molar-refractivity contribution is 5.68. The van der Waals surface area contributed by atoms with E-state index in [1.165, 1.54) is 4.90 Å². The zero-order valence-corrected chi connectivity index (χ0v) is 10.7. The Morgan fingerprint density at radius 2 is 2.12 bits per heavy atom. The predicted octanol–water partition coefficient (Wildman–Crippen LogP) is 2.12. The summed E-state index contributed by atoms with van der Waals surface area (Å²) >= 11 is 0. The molecule has 5 heteroatoms. The number of likely N-dealkylation sites (tertiary alicyclic amines) is 1. The molecule has 0 aliphatic carbocycles. The van der Waals surface area contributed by atoms with Crippen molar-refractivity contribution in [2.24, 2.45) is 0 Å². The van der Waals surface area contributed by atoms with E-state index in [4.69, 9.17) is 9.47 Å². The largest absolute Gasteiger partial charge is 0.444 e. The molecule has 0 saturated carbocycles. The molecule has 0 aromatic carbocycles. The number of carbonyl (C=O) groups is 1. The molecule has 17 heavy (non-hydrogen) atoms. The average molecular weight is 245 g/mol. The zero-order chi connectivity index (χ0) is 12.7.